The number of thiophene rings is 1. The molecular formula is C50H64BrCl2F12NO8S. The Labute approximate surface area is 454 Å². The Morgan fingerprint density at radius 2 is 0.880 bits per heavy atom. The molecule has 428 valence electrons. The Morgan fingerprint density at radius 1 is 0.600 bits per heavy atom. The fourth-order valence-electron chi connectivity index (χ4n) is 2.97. The van der Waals surface area contributed by atoms with Crippen molar-refractivity contribution in [1.29, 1.82) is 5.26 Å². The highest BCUT2D eigenvalue weighted by molar-refractivity contribution is 9.08. The van der Waals surface area contributed by atoms with Gasteiger partial charge in [-0.3, -0.25) is 28.5 Å². The fourth-order valence-corrected chi connectivity index (χ4v) is 4.95. The molecule has 0 bridgehead atoms. The number of carboxylic acid groups (broad SMARTS) is 1. The van der Waals surface area contributed by atoms with Crippen LogP contribution in [0.2, 0.25) is 5.02 Å². The van der Waals surface area contributed by atoms with Crippen LogP contribution in [0, 0.1) is 11.3 Å². The topological polar surface area (TPSA) is 132 Å². The first kappa shape index (κ1) is 86.6. The van der Waals surface area contributed by atoms with Crippen LogP contribution >= 0.6 is 50.5 Å². The number of halogens is 15. The van der Waals surface area contributed by atoms with Crippen LogP contribution in [-0.2, 0) is 29.1 Å². The van der Waals surface area contributed by atoms with E-state index in [1.165, 1.54) is 23.8 Å². The molecule has 1 N–H and O–H groups in total. The summed E-state index contributed by atoms with van der Waals surface area (Å²) in [6.45, 7) is 17.4. The van der Waals surface area contributed by atoms with E-state index in [9.17, 15) is 67.1 Å². The smallest absolute Gasteiger partial charge is 0.478 e. The van der Waals surface area contributed by atoms with Gasteiger partial charge in [0.2, 0.25) is 0 Å². The Balaban J connectivity index is -0.000000113. The lowest BCUT2D eigenvalue weighted by Crippen LogP contribution is -2.08. The summed E-state index contributed by atoms with van der Waals surface area (Å²) in [5.41, 5.74) is 2.95. The number of benzene rings is 4. The molecule has 0 saturated heterocycles. The molecule has 0 fully saturated rings. The molecule has 0 aliphatic heterocycles. The van der Waals surface area contributed by atoms with Crippen LogP contribution < -0.4 is 0 Å². The van der Waals surface area contributed by atoms with E-state index in [2.05, 4.69) is 47.0 Å². The van der Waals surface area contributed by atoms with Gasteiger partial charge in [0.15, 0.2) is 0 Å². The van der Waals surface area contributed by atoms with Gasteiger partial charge in [-0.05, 0) is 34.9 Å². The van der Waals surface area contributed by atoms with Crippen molar-refractivity contribution in [3.8, 4) is 6.07 Å². The van der Waals surface area contributed by atoms with Crippen LogP contribution in [0.25, 0.3) is 16.2 Å². The second kappa shape index (κ2) is 56.7. The summed E-state index contributed by atoms with van der Waals surface area (Å²) in [7, 11) is 2.33. The number of aliphatic carboxylic acids is 1. The van der Waals surface area contributed by atoms with Crippen molar-refractivity contribution in [1.82, 2.24) is 0 Å². The molecule has 5 rings (SSSR count). The molecule has 0 saturated carbocycles. The third kappa shape index (κ3) is 68.9. The molecule has 0 radical (unpaired) electrons. The van der Waals surface area contributed by atoms with E-state index < -0.39 is 36.7 Å². The van der Waals surface area contributed by atoms with Crippen molar-refractivity contribution in [2.75, 3.05) is 28.4 Å². The number of rotatable bonds is 5. The number of carboxylic acids is 1. The normalized spacial score (nSPS) is 9.48. The van der Waals surface area contributed by atoms with Crippen molar-refractivity contribution < 1.29 is 91.1 Å². The number of carbonyl (C=O) groups excluding carboxylic acids is 2. The molecule has 0 atom stereocenters. The average molecular weight is 1220 g/mol. The molecule has 0 amide bonds. The van der Waals surface area contributed by atoms with Crippen molar-refractivity contribution in [2.45, 2.75) is 93.1 Å². The van der Waals surface area contributed by atoms with E-state index in [4.69, 9.17) is 33.6 Å². The van der Waals surface area contributed by atoms with E-state index in [0.29, 0.717) is 38.3 Å². The number of ether oxygens (including phenoxy) is 4. The van der Waals surface area contributed by atoms with E-state index >= 15 is 0 Å². The summed E-state index contributed by atoms with van der Waals surface area (Å²) in [6, 6.07) is 38.0. The first-order valence-corrected chi connectivity index (χ1v) is 23.9. The zero-order valence-corrected chi connectivity index (χ0v) is 47.2. The number of aldehydes is 1. The van der Waals surface area contributed by atoms with E-state index in [-0.39, 0.29) is 0 Å². The van der Waals surface area contributed by atoms with Gasteiger partial charge in [-0.2, -0.15) is 5.26 Å². The van der Waals surface area contributed by atoms with Crippen LogP contribution in [0.15, 0.2) is 121 Å². The van der Waals surface area contributed by atoms with Gasteiger partial charge in [0.1, 0.15) is 11.2 Å². The minimum absolute atomic E-state index is 0.421. The number of alkyl halides is 13. The maximum Gasteiger partial charge on any atom is 0.522 e. The lowest BCUT2D eigenvalue weighted by molar-refractivity contribution is -0.312. The number of nitrogens with zero attached hydrogens (tertiary/aromatic N) is 1. The van der Waals surface area contributed by atoms with Gasteiger partial charge in [-0.25, -0.2) is 4.79 Å². The van der Waals surface area contributed by atoms with E-state index in [1.54, 1.807) is 24.3 Å². The third-order valence-electron chi connectivity index (χ3n) is 5.79. The van der Waals surface area contributed by atoms with Crippen LogP contribution in [0.1, 0.15) is 93.5 Å². The maximum atomic E-state index is 10.9. The van der Waals surface area contributed by atoms with Gasteiger partial charge in [0, 0.05) is 62.4 Å². The number of nitriles is 1. The quantitative estimate of drug-likeness (QED) is 0.0600. The highest BCUT2D eigenvalue weighted by Gasteiger charge is 2.27. The molecule has 4 aromatic carbocycles. The highest BCUT2D eigenvalue weighted by Crippen LogP contribution is 2.35. The van der Waals surface area contributed by atoms with Crippen LogP contribution in [0.3, 0.4) is 0 Å². The number of hydrogen-bond donors (Lipinski definition) is 1. The first-order chi connectivity index (χ1) is 35.0. The van der Waals surface area contributed by atoms with Gasteiger partial charge in [0.05, 0.1) is 11.1 Å². The molecule has 25 heteroatoms. The van der Waals surface area contributed by atoms with Gasteiger partial charge in [-0.1, -0.05) is 192 Å². The van der Waals surface area contributed by atoms with E-state index in [1.807, 2.05) is 146 Å². The van der Waals surface area contributed by atoms with Crippen molar-refractivity contribution in [3.63, 3.8) is 0 Å². The molecule has 0 aliphatic rings. The van der Waals surface area contributed by atoms with E-state index in [0.717, 1.165) is 38.9 Å². The average Bonchev–Trinajstić information content (AvgIpc) is 3.75. The molecule has 0 aliphatic carbocycles. The molecule has 75 heavy (non-hydrogen) atoms. The summed E-state index contributed by atoms with van der Waals surface area (Å²) >= 11 is 16.0. The van der Waals surface area contributed by atoms with Crippen LogP contribution in [0.5, 0.6) is 0 Å². The lowest BCUT2D eigenvalue weighted by Gasteiger charge is -1.97. The molecular weight excluding hydrogens is 1150 g/mol. The van der Waals surface area contributed by atoms with Gasteiger partial charge >= 0.3 is 31.4 Å². The summed E-state index contributed by atoms with van der Waals surface area (Å²) in [4.78, 5) is 31.4. The Morgan fingerprint density at radius 3 is 1.11 bits per heavy atom. The third-order valence-corrected chi connectivity index (χ3v) is 8.41. The lowest BCUT2D eigenvalue weighted by atomic mass is 10.2. The number of hydrogen-bond acceptors (Lipinski definition) is 9. The second-order valence-electron chi connectivity index (χ2n) is 10.6. The van der Waals surface area contributed by atoms with Gasteiger partial charge < -0.3 is 5.11 Å². The molecule has 1 heterocycles. The molecule has 0 unspecified atom stereocenters. The zero-order valence-electron chi connectivity index (χ0n) is 43.2. The standard InChI is InChI=1S/C9H4Cl2OS.C9H8O2.C7H7Br.C7H6O.4C2H3F3O.C2H3N.4C2H6/c10-7-5-3-1-2-4-6(5)13-8(7)9(11)12;10-9(11)7-6-8-4-2-1-3-5-8;2*8-6-7-4-2-1-3-5-7;4*1-6-2(3,4)5;1-2-3;4*1-2/h1-4H;1-7H,(H,10,11);1-5H,6H2;1-6H;4*1H3;1H3;4*1-2H3/b;7-6+;;;;;;;;;;;. The number of fused-ring (bicyclic) bond motifs is 1. The van der Waals surface area contributed by atoms with Gasteiger partial charge in [-0.15, -0.1) is 64.0 Å². The van der Waals surface area contributed by atoms with Crippen molar-refractivity contribution in [2.24, 2.45) is 0 Å². The Kier molecular flexibility index (Phi) is 65.5. The largest absolute Gasteiger partial charge is 0.522 e. The summed E-state index contributed by atoms with van der Waals surface area (Å²) in [5, 5.41) is 17.4. The predicted octanol–water partition coefficient (Wildman–Crippen LogP) is 19.0. The van der Waals surface area contributed by atoms with Crippen LogP contribution in [-0.4, -0.2) is 76.5 Å². The monoisotopic (exact) mass is 1220 g/mol. The number of methoxy groups -OCH3 is 4. The maximum absolute atomic E-state index is 10.9. The summed E-state index contributed by atoms with van der Waals surface area (Å²) < 4.78 is 139. The van der Waals surface area contributed by atoms with Crippen molar-refractivity contribution >= 4 is 84.1 Å². The molecule has 1 aromatic heterocycles. The molecule has 0 spiro atoms. The number of carbonyl (C=O) groups is 3. The zero-order chi connectivity index (χ0) is 60.7. The molecule has 9 nitrogen and oxygen atoms in total. The minimum Gasteiger partial charge on any atom is -0.478 e. The SMILES string of the molecule is BrCc1ccccc1.CC.CC.CC.CC.CC#N.COC(F)(F)F.COC(F)(F)F.COC(F)(F)F.COC(F)(F)F.O=C(Cl)c1sc2ccccc2c1Cl.O=C(O)/C=C/c1ccccc1.O=Cc1ccccc1. The van der Waals surface area contributed by atoms with Crippen LogP contribution in [0.4, 0.5) is 52.7 Å². The molecule has 5 aromatic rings. The fraction of sp³-hybridized carbons (Fsp3) is 0.360. The summed E-state index contributed by atoms with van der Waals surface area (Å²) in [6.07, 6.45) is -14.3. The summed E-state index contributed by atoms with van der Waals surface area (Å²) in [5.74, 6) is -0.922. The van der Waals surface area contributed by atoms with Crippen molar-refractivity contribution in [3.05, 3.63) is 148 Å². The second-order valence-corrected chi connectivity index (χ2v) is 12.9. The van der Waals surface area contributed by atoms with Gasteiger partial charge in [0.25, 0.3) is 5.24 Å². The highest BCUT2D eigenvalue weighted by atomic mass is 79.9. The minimum atomic E-state index is -4.46. The Bertz CT molecular complexity index is 2050. The first-order valence-electron chi connectivity index (χ1n) is 21.2. The Hall–Kier alpha value is -5.06. The predicted molar refractivity (Wildman–Crippen MR) is 280 cm³/mol.